The molecule has 1 N–H and O–H groups in total. The summed E-state index contributed by atoms with van der Waals surface area (Å²) in [7, 11) is 0. The molecule has 1 saturated heterocycles. The maximum Gasteiger partial charge on any atom is 0.303 e. The van der Waals surface area contributed by atoms with Crippen LogP contribution in [0.2, 0.25) is 0 Å². The predicted octanol–water partition coefficient (Wildman–Crippen LogP) is 4.79. The first-order valence-corrected chi connectivity index (χ1v) is 8.07. The number of epoxide rings is 1. The molecule has 0 aromatic rings. The van der Waals surface area contributed by atoms with Gasteiger partial charge in [0.2, 0.25) is 0 Å². The lowest BCUT2D eigenvalue weighted by Crippen LogP contribution is -1.93. The quantitative estimate of drug-likeness (QED) is 0.410. The second-order valence-electron chi connectivity index (χ2n) is 5.29. The van der Waals surface area contributed by atoms with Gasteiger partial charge in [-0.15, -0.1) is 0 Å². The van der Waals surface area contributed by atoms with E-state index in [9.17, 15) is 4.79 Å². The molecule has 0 aliphatic carbocycles. The minimum atomic E-state index is -0.657. The van der Waals surface area contributed by atoms with Gasteiger partial charge in [-0.1, -0.05) is 71.1 Å². The standard InChI is InChI=1S/C14H28O2.C2H4O/c1-2-3-4-5-6-7-8-9-10-11-12-13-14(15)16;1-2-3-1/h2-13H2,1H3,(H,15,16);1-2H2. The Morgan fingerprint density at radius 1 is 0.842 bits per heavy atom. The number of carbonyl (C=O) groups is 1. The molecule has 0 aromatic carbocycles. The Kier molecular flexibility index (Phi) is 15.0. The Bertz CT molecular complexity index is 188. The van der Waals surface area contributed by atoms with Crippen molar-refractivity contribution in [3.63, 3.8) is 0 Å². The van der Waals surface area contributed by atoms with E-state index in [1.807, 2.05) is 0 Å². The highest BCUT2D eigenvalue weighted by molar-refractivity contribution is 5.66. The van der Waals surface area contributed by atoms with Crippen molar-refractivity contribution in [1.29, 1.82) is 0 Å². The highest BCUT2D eigenvalue weighted by Gasteiger charge is 1.96. The Morgan fingerprint density at radius 2 is 1.21 bits per heavy atom. The summed E-state index contributed by atoms with van der Waals surface area (Å²) in [5.41, 5.74) is 0. The molecule has 0 atom stereocenters. The lowest BCUT2D eigenvalue weighted by Gasteiger charge is -2.01. The summed E-state index contributed by atoms with van der Waals surface area (Å²) in [5, 5.41) is 8.46. The van der Waals surface area contributed by atoms with Crippen molar-refractivity contribution in [1.82, 2.24) is 0 Å². The van der Waals surface area contributed by atoms with Crippen molar-refractivity contribution >= 4 is 5.97 Å². The van der Waals surface area contributed by atoms with Crippen molar-refractivity contribution in [3.8, 4) is 0 Å². The fourth-order valence-electron chi connectivity index (χ4n) is 1.94. The zero-order valence-electron chi connectivity index (χ0n) is 12.7. The molecule has 0 radical (unpaired) electrons. The fourth-order valence-corrected chi connectivity index (χ4v) is 1.94. The number of hydrogen-bond donors (Lipinski definition) is 1. The lowest BCUT2D eigenvalue weighted by molar-refractivity contribution is -0.137. The number of carboxylic acid groups (broad SMARTS) is 1. The molecule has 3 heteroatoms. The maximum absolute atomic E-state index is 10.3. The van der Waals surface area contributed by atoms with E-state index in [1.54, 1.807) is 0 Å². The van der Waals surface area contributed by atoms with E-state index in [4.69, 9.17) is 5.11 Å². The molecule has 0 amide bonds. The van der Waals surface area contributed by atoms with Crippen LogP contribution in [0.1, 0.15) is 84.0 Å². The van der Waals surface area contributed by atoms with Gasteiger partial charge in [-0.05, 0) is 6.42 Å². The first-order valence-electron chi connectivity index (χ1n) is 8.07. The van der Waals surface area contributed by atoms with E-state index in [0.29, 0.717) is 6.42 Å². The Balaban J connectivity index is 0.000000934. The molecule has 1 fully saturated rings. The molecule has 114 valence electrons. The van der Waals surface area contributed by atoms with Crippen LogP contribution < -0.4 is 0 Å². The van der Waals surface area contributed by atoms with Crippen molar-refractivity contribution in [3.05, 3.63) is 0 Å². The molecular formula is C16H32O3. The van der Waals surface area contributed by atoms with Gasteiger partial charge in [-0.3, -0.25) is 4.79 Å². The second kappa shape index (κ2) is 15.5. The summed E-state index contributed by atoms with van der Waals surface area (Å²) in [6.45, 7) is 4.25. The predicted molar refractivity (Wildman–Crippen MR) is 79.5 cm³/mol. The molecule has 0 unspecified atom stereocenters. The molecular weight excluding hydrogens is 240 g/mol. The average molecular weight is 272 g/mol. The minimum Gasteiger partial charge on any atom is -0.481 e. The van der Waals surface area contributed by atoms with Crippen LogP contribution in [-0.4, -0.2) is 24.3 Å². The smallest absolute Gasteiger partial charge is 0.303 e. The molecule has 0 aromatic heterocycles. The highest BCUT2D eigenvalue weighted by Crippen LogP contribution is 2.11. The number of hydrogen-bond acceptors (Lipinski definition) is 2. The zero-order valence-corrected chi connectivity index (χ0v) is 12.7. The molecule has 0 bridgehead atoms. The molecule has 1 aliphatic heterocycles. The van der Waals surface area contributed by atoms with Crippen LogP contribution in [0.15, 0.2) is 0 Å². The number of ether oxygens (including phenoxy) is 1. The molecule has 0 saturated carbocycles. The van der Waals surface area contributed by atoms with E-state index >= 15 is 0 Å². The molecule has 0 spiro atoms. The summed E-state index contributed by atoms with van der Waals surface area (Å²) in [6, 6.07) is 0. The Morgan fingerprint density at radius 3 is 1.53 bits per heavy atom. The van der Waals surface area contributed by atoms with Gasteiger partial charge in [0.1, 0.15) is 0 Å². The number of rotatable bonds is 12. The van der Waals surface area contributed by atoms with Crippen molar-refractivity contribution in [2.24, 2.45) is 0 Å². The highest BCUT2D eigenvalue weighted by atomic mass is 16.6. The van der Waals surface area contributed by atoms with Gasteiger partial charge in [0.05, 0.1) is 13.2 Å². The Hall–Kier alpha value is -0.570. The first kappa shape index (κ1) is 18.4. The van der Waals surface area contributed by atoms with Gasteiger partial charge in [0, 0.05) is 6.42 Å². The number of aliphatic carboxylic acids is 1. The van der Waals surface area contributed by atoms with Crippen molar-refractivity contribution in [2.45, 2.75) is 84.0 Å². The topological polar surface area (TPSA) is 49.8 Å². The summed E-state index contributed by atoms with van der Waals surface area (Å²) >= 11 is 0. The van der Waals surface area contributed by atoms with Crippen molar-refractivity contribution < 1.29 is 14.6 Å². The van der Waals surface area contributed by atoms with Crippen LogP contribution in [0.25, 0.3) is 0 Å². The lowest BCUT2D eigenvalue weighted by atomic mass is 10.1. The van der Waals surface area contributed by atoms with Crippen LogP contribution in [-0.2, 0) is 9.53 Å². The summed E-state index contributed by atoms with van der Waals surface area (Å²) < 4.78 is 4.50. The molecule has 19 heavy (non-hydrogen) atoms. The van der Waals surface area contributed by atoms with Gasteiger partial charge in [0.15, 0.2) is 0 Å². The molecule has 1 rings (SSSR count). The van der Waals surface area contributed by atoms with Gasteiger partial charge in [-0.2, -0.15) is 0 Å². The van der Waals surface area contributed by atoms with Crippen LogP contribution in [0.4, 0.5) is 0 Å². The van der Waals surface area contributed by atoms with Crippen LogP contribution in [0.5, 0.6) is 0 Å². The van der Waals surface area contributed by atoms with Crippen LogP contribution >= 0.6 is 0 Å². The molecule has 3 nitrogen and oxygen atoms in total. The maximum atomic E-state index is 10.3. The van der Waals surface area contributed by atoms with E-state index in [-0.39, 0.29) is 0 Å². The first-order chi connectivity index (χ1) is 9.27. The summed E-state index contributed by atoms with van der Waals surface area (Å²) in [6.07, 6.45) is 14.4. The normalized spacial score (nSPS) is 12.7. The van der Waals surface area contributed by atoms with Gasteiger partial charge < -0.3 is 9.84 Å². The largest absolute Gasteiger partial charge is 0.481 e. The second-order valence-corrected chi connectivity index (χ2v) is 5.29. The fraction of sp³-hybridized carbons (Fsp3) is 0.938. The van der Waals surface area contributed by atoms with E-state index in [0.717, 1.165) is 26.1 Å². The Labute approximate surface area is 118 Å². The SMILES string of the molecule is C1CO1.CCCCCCCCCCCCCC(=O)O. The van der Waals surface area contributed by atoms with Gasteiger partial charge in [-0.25, -0.2) is 0 Å². The zero-order chi connectivity index (χ0) is 14.2. The molecule has 1 heterocycles. The third-order valence-electron chi connectivity index (χ3n) is 3.20. The average Bonchev–Trinajstić information content (AvgIpc) is 3.23. The third kappa shape index (κ3) is 23.0. The van der Waals surface area contributed by atoms with Gasteiger partial charge in [0.25, 0.3) is 0 Å². The van der Waals surface area contributed by atoms with Crippen LogP contribution in [0.3, 0.4) is 0 Å². The van der Waals surface area contributed by atoms with Crippen molar-refractivity contribution in [2.75, 3.05) is 13.2 Å². The molecule has 1 aliphatic rings. The summed E-state index contributed by atoms with van der Waals surface area (Å²) in [4.78, 5) is 10.3. The van der Waals surface area contributed by atoms with Gasteiger partial charge >= 0.3 is 5.97 Å². The third-order valence-corrected chi connectivity index (χ3v) is 3.20. The number of unbranched alkanes of at least 4 members (excludes halogenated alkanes) is 10. The minimum absolute atomic E-state index is 0.344. The summed E-state index contributed by atoms with van der Waals surface area (Å²) in [5.74, 6) is -0.657. The van der Waals surface area contributed by atoms with E-state index in [2.05, 4.69) is 11.7 Å². The van der Waals surface area contributed by atoms with E-state index in [1.165, 1.54) is 57.8 Å². The van der Waals surface area contributed by atoms with E-state index < -0.39 is 5.97 Å². The van der Waals surface area contributed by atoms with Crippen LogP contribution in [0, 0.1) is 0 Å². The monoisotopic (exact) mass is 272 g/mol. The number of carboxylic acids is 1.